The van der Waals surface area contributed by atoms with E-state index in [4.69, 9.17) is 11.6 Å². The van der Waals surface area contributed by atoms with Crippen molar-refractivity contribution in [3.05, 3.63) is 65.1 Å². The molecule has 152 valence electrons. The van der Waals surface area contributed by atoms with Crippen LogP contribution in [-0.4, -0.2) is 36.7 Å². The first-order chi connectivity index (χ1) is 13.8. The van der Waals surface area contributed by atoms with Gasteiger partial charge in [-0.25, -0.2) is 12.8 Å². The quantitative estimate of drug-likeness (QED) is 0.625. The van der Waals surface area contributed by atoms with Crippen molar-refractivity contribution in [2.45, 2.75) is 18.7 Å². The fourth-order valence-corrected chi connectivity index (χ4v) is 4.75. The predicted molar refractivity (Wildman–Crippen MR) is 111 cm³/mol. The van der Waals surface area contributed by atoms with E-state index in [9.17, 15) is 17.6 Å². The van der Waals surface area contributed by atoms with Crippen LogP contribution in [0.25, 0.3) is 10.9 Å². The maximum absolute atomic E-state index is 14.2. The van der Waals surface area contributed by atoms with Crippen LogP contribution >= 0.6 is 11.6 Å². The smallest absolute Gasteiger partial charge is 0.257 e. The van der Waals surface area contributed by atoms with Gasteiger partial charge in [0.1, 0.15) is 10.7 Å². The van der Waals surface area contributed by atoms with Crippen molar-refractivity contribution in [1.82, 2.24) is 9.29 Å². The van der Waals surface area contributed by atoms with E-state index in [1.54, 1.807) is 38.2 Å². The van der Waals surface area contributed by atoms with Crippen molar-refractivity contribution in [3.8, 4) is 0 Å². The molecule has 0 radical (unpaired) electrons. The highest BCUT2D eigenvalue weighted by atomic mass is 35.5. The summed E-state index contributed by atoms with van der Waals surface area (Å²) in [7, 11) is -4.02. The molecule has 1 amide bonds. The molecule has 3 aromatic rings. The van der Waals surface area contributed by atoms with Crippen LogP contribution in [0.4, 0.5) is 10.1 Å². The third kappa shape index (κ3) is 4.24. The van der Waals surface area contributed by atoms with Crippen molar-refractivity contribution in [2.24, 2.45) is 0 Å². The number of hydrogen-bond donors (Lipinski definition) is 1. The number of hydrogen-bond acceptors (Lipinski definition) is 4. The van der Waals surface area contributed by atoms with Gasteiger partial charge in [-0.1, -0.05) is 31.5 Å². The summed E-state index contributed by atoms with van der Waals surface area (Å²) in [6, 6.07) is 10.2. The van der Waals surface area contributed by atoms with Gasteiger partial charge in [-0.05, 0) is 36.4 Å². The number of amides is 1. The van der Waals surface area contributed by atoms with Crippen LogP contribution in [0.5, 0.6) is 0 Å². The lowest BCUT2D eigenvalue weighted by Crippen LogP contribution is -2.31. The van der Waals surface area contributed by atoms with E-state index >= 15 is 0 Å². The molecule has 0 aliphatic heterocycles. The molecule has 0 fully saturated rings. The number of sulfonamides is 1. The first-order valence-corrected chi connectivity index (χ1v) is 10.7. The van der Waals surface area contributed by atoms with Crippen molar-refractivity contribution < 1.29 is 17.6 Å². The Morgan fingerprint density at radius 2 is 1.90 bits per heavy atom. The standard InChI is InChI=1S/C20H19ClFN3O3S/c1-3-25(4-2)29(27,28)19-11-14(7-8-17(19)22)24-20(26)15-12-18-13(10-16(15)21)6-5-9-23-18/h5-12H,3-4H2,1-2H3,(H,24,26). The second kappa shape index (κ2) is 8.44. The molecule has 0 unspecified atom stereocenters. The third-order valence-electron chi connectivity index (χ3n) is 4.45. The van der Waals surface area contributed by atoms with Crippen LogP contribution < -0.4 is 5.32 Å². The monoisotopic (exact) mass is 435 g/mol. The summed E-state index contributed by atoms with van der Waals surface area (Å²) in [6.07, 6.45) is 1.60. The second-order valence-electron chi connectivity index (χ2n) is 6.22. The van der Waals surface area contributed by atoms with E-state index < -0.39 is 26.6 Å². The largest absolute Gasteiger partial charge is 0.322 e. The normalized spacial score (nSPS) is 11.8. The van der Waals surface area contributed by atoms with Gasteiger partial charge in [0.15, 0.2) is 0 Å². The molecule has 0 aliphatic rings. The summed E-state index contributed by atoms with van der Waals surface area (Å²) in [5.74, 6) is -1.44. The Balaban J connectivity index is 1.95. The van der Waals surface area contributed by atoms with E-state index in [1.807, 2.05) is 6.07 Å². The number of aromatic nitrogens is 1. The van der Waals surface area contributed by atoms with Gasteiger partial charge < -0.3 is 5.32 Å². The lowest BCUT2D eigenvalue weighted by molar-refractivity contribution is 0.102. The van der Waals surface area contributed by atoms with Crippen LogP contribution in [0.1, 0.15) is 24.2 Å². The van der Waals surface area contributed by atoms with Gasteiger partial charge in [0.25, 0.3) is 5.91 Å². The summed E-state index contributed by atoms with van der Waals surface area (Å²) in [4.78, 5) is 16.4. The Bertz CT molecular complexity index is 1180. The maximum atomic E-state index is 14.2. The van der Waals surface area contributed by atoms with Gasteiger partial charge >= 0.3 is 0 Å². The Kier molecular flexibility index (Phi) is 6.16. The molecular weight excluding hydrogens is 417 g/mol. The van der Waals surface area contributed by atoms with Crippen molar-refractivity contribution in [1.29, 1.82) is 0 Å². The molecule has 0 bridgehead atoms. The highest BCUT2D eigenvalue weighted by Crippen LogP contribution is 2.26. The number of anilines is 1. The van der Waals surface area contributed by atoms with Gasteiger partial charge in [0, 0.05) is 30.4 Å². The van der Waals surface area contributed by atoms with Gasteiger partial charge in [-0.2, -0.15) is 4.31 Å². The summed E-state index contributed by atoms with van der Waals surface area (Å²) in [6.45, 7) is 3.74. The van der Waals surface area contributed by atoms with Gasteiger partial charge in [-0.15, -0.1) is 0 Å². The minimum absolute atomic E-state index is 0.138. The Morgan fingerprint density at radius 1 is 1.17 bits per heavy atom. The van der Waals surface area contributed by atoms with Crippen LogP contribution in [0, 0.1) is 5.82 Å². The number of nitrogens with zero attached hydrogens (tertiary/aromatic N) is 2. The molecule has 29 heavy (non-hydrogen) atoms. The van der Waals surface area contributed by atoms with E-state index in [0.29, 0.717) is 5.52 Å². The lowest BCUT2D eigenvalue weighted by atomic mass is 10.1. The van der Waals surface area contributed by atoms with E-state index in [2.05, 4.69) is 10.3 Å². The highest BCUT2D eigenvalue weighted by Gasteiger charge is 2.26. The topological polar surface area (TPSA) is 79.4 Å². The van der Waals surface area contributed by atoms with Gasteiger partial charge in [0.05, 0.1) is 16.1 Å². The Hall–Kier alpha value is -2.55. The zero-order valence-electron chi connectivity index (χ0n) is 15.8. The molecule has 9 heteroatoms. The molecule has 0 spiro atoms. The molecular formula is C20H19ClFN3O3S. The molecule has 1 N–H and O–H groups in total. The number of pyridine rings is 1. The second-order valence-corrected chi connectivity index (χ2v) is 8.53. The molecule has 0 aliphatic carbocycles. The van der Waals surface area contributed by atoms with Crippen LogP contribution in [0.2, 0.25) is 5.02 Å². The number of fused-ring (bicyclic) bond motifs is 1. The fraction of sp³-hybridized carbons (Fsp3) is 0.200. The summed E-state index contributed by atoms with van der Waals surface area (Å²) < 4.78 is 40.7. The van der Waals surface area contributed by atoms with Crippen LogP contribution in [0.3, 0.4) is 0 Å². The summed E-state index contributed by atoms with van der Waals surface area (Å²) >= 11 is 6.22. The number of benzene rings is 2. The third-order valence-corrected chi connectivity index (χ3v) is 6.83. The molecule has 0 atom stereocenters. The molecule has 3 rings (SSSR count). The molecule has 1 aromatic heterocycles. The van der Waals surface area contributed by atoms with E-state index in [0.717, 1.165) is 21.8 Å². The Morgan fingerprint density at radius 3 is 2.59 bits per heavy atom. The average Bonchev–Trinajstić information content (AvgIpc) is 2.69. The first kappa shape index (κ1) is 21.2. The predicted octanol–water partition coefficient (Wildman–Crippen LogP) is 4.31. The van der Waals surface area contributed by atoms with Gasteiger partial charge in [-0.3, -0.25) is 9.78 Å². The molecule has 1 heterocycles. The Labute approximate surface area is 173 Å². The van der Waals surface area contributed by atoms with Crippen molar-refractivity contribution in [2.75, 3.05) is 18.4 Å². The number of rotatable bonds is 6. The number of halogens is 2. The summed E-state index contributed by atoms with van der Waals surface area (Å²) in [5.41, 5.74) is 0.903. The maximum Gasteiger partial charge on any atom is 0.257 e. The van der Waals surface area contributed by atoms with E-state index in [1.165, 1.54) is 6.07 Å². The van der Waals surface area contributed by atoms with Crippen molar-refractivity contribution >= 4 is 44.1 Å². The fourth-order valence-electron chi connectivity index (χ4n) is 2.95. The SMILES string of the molecule is CCN(CC)S(=O)(=O)c1cc(NC(=O)c2cc3ncccc3cc2Cl)ccc1F. The first-order valence-electron chi connectivity index (χ1n) is 8.93. The average molecular weight is 436 g/mol. The zero-order valence-corrected chi connectivity index (χ0v) is 17.4. The molecule has 2 aromatic carbocycles. The number of nitrogens with one attached hydrogen (secondary N) is 1. The van der Waals surface area contributed by atoms with Crippen molar-refractivity contribution in [3.63, 3.8) is 0 Å². The molecule has 0 saturated carbocycles. The number of carbonyl (C=O) groups excluding carboxylic acids is 1. The molecule has 6 nitrogen and oxygen atoms in total. The van der Waals surface area contributed by atoms with Crippen LogP contribution in [0.15, 0.2) is 53.6 Å². The van der Waals surface area contributed by atoms with E-state index in [-0.39, 0.29) is 29.4 Å². The van der Waals surface area contributed by atoms with Crippen LogP contribution in [-0.2, 0) is 10.0 Å². The number of carbonyl (C=O) groups is 1. The van der Waals surface area contributed by atoms with Gasteiger partial charge in [0.2, 0.25) is 10.0 Å². The zero-order chi connectivity index (χ0) is 21.2. The summed E-state index contributed by atoms with van der Waals surface area (Å²) in [5, 5.41) is 3.58. The lowest BCUT2D eigenvalue weighted by Gasteiger charge is -2.19. The highest BCUT2D eigenvalue weighted by molar-refractivity contribution is 7.89. The minimum atomic E-state index is -4.02. The molecule has 0 saturated heterocycles. The minimum Gasteiger partial charge on any atom is -0.322 e.